The molecule has 0 amide bonds. The Balaban J connectivity index is 0.00000144. The summed E-state index contributed by atoms with van der Waals surface area (Å²) in [6, 6.07) is 6.70. The highest BCUT2D eigenvalue weighted by Gasteiger charge is 2.02. The summed E-state index contributed by atoms with van der Waals surface area (Å²) in [5, 5.41) is 0. The molecule has 1 aromatic carbocycles. The van der Waals surface area contributed by atoms with Crippen LogP contribution >= 0.6 is 0 Å². The van der Waals surface area contributed by atoms with Crippen LogP contribution in [-0.2, 0) is 10.3 Å². The number of rotatable bonds is 2. The highest BCUT2D eigenvalue weighted by atomic mass is 32.2. The quantitative estimate of drug-likeness (QED) is 0.721. The average molecular weight is 203 g/mol. The van der Waals surface area contributed by atoms with Crippen molar-refractivity contribution < 1.29 is 13.0 Å². The number of hydrogen-bond acceptors (Lipinski definition) is 2. The summed E-state index contributed by atoms with van der Waals surface area (Å²) in [6.45, 7) is 1.83. The third kappa shape index (κ3) is 4.49. The number of aryl methyl sites for hydroxylation is 1. The van der Waals surface area contributed by atoms with Gasteiger partial charge in [0.1, 0.15) is 0 Å². The molecule has 0 aliphatic carbocycles. The van der Waals surface area contributed by atoms with E-state index >= 15 is 0 Å². The smallest absolute Gasteiger partial charge is 0.269 e. The maximum atomic E-state index is 10.4. The summed E-state index contributed by atoms with van der Waals surface area (Å²) in [7, 11) is -4.14. The second-order valence-corrected chi connectivity index (χ2v) is 3.60. The summed E-state index contributed by atoms with van der Waals surface area (Å²) in [6.07, 6.45) is 0. The van der Waals surface area contributed by atoms with Gasteiger partial charge in [0, 0.05) is 0 Å². The van der Waals surface area contributed by atoms with E-state index in [-0.39, 0.29) is 7.43 Å². The third-order valence-electron chi connectivity index (χ3n) is 1.26. The molecule has 4 nitrogen and oxygen atoms in total. The van der Waals surface area contributed by atoms with E-state index in [9.17, 15) is 8.42 Å². The van der Waals surface area contributed by atoms with Crippen molar-refractivity contribution in [1.82, 2.24) is 0 Å². The fourth-order valence-corrected chi connectivity index (χ4v) is 1.28. The zero-order valence-electron chi connectivity index (χ0n) is 6.48. The lowest BCUT2D eigenvalue weighted by atomic mass is 10.2. The molecular formula is C8H13NO3S. The standard InChI is InChI=1S/C7H9NO3S.CH4/c1-6-3-2-4-7(5-6)8-12(9,10)11;/h2-5,8H,1H3,(H,9,10,11);1H4. The maximum absolute atomic E-state index is 10.4. The van der Waals surface area contributed by atoms with Crippen molar-refractivity contribution in [3.8, 4) is 0 Å². The molecule has 0 radical (unpaired) electrons. The fourth-order valence-electron chi connectivity index (χ4n) is 0.857. The van der Waals surface area contributed by atoms with Crippen molar-refractivity contribution in [1.29, 1.82) is 0 Å². The second kappa shape index (κ2) is 4.25. The fraction of sp³-hybridized carbons (Fsp3) is 0.250. The van der Waals surface area contributed by atoms with Gasteiger partial charge in [-0.2, -0.15) is 8.42 Å². The monoisotopic (exact) mass is 203 g/mol. The first-order chi connectivity index (χ1) is 5.47. The molecule has 0 saturated heterocycles. The predicted octanol–water partition coefficient (Wildman–Crippen LogP) is 1.85. The molecule has 0 atom stereocenters. The molecule has 0 aromatic heterocycles. The minimum absolute atomic E-state index is 0. The second-order valence-electron chi connectivity index (χ2n) is 2.45. The van der Waals surface area contributed by atoms with Gasteiger partial charge < -0.3 is 0 Å². The van der Waals surface area contributed by atoms with Crippen molar-refractivity contribution in [3.63, 3.8) is 0 Å². The Kier molecular flexibility index (Phi) is 3.90. The van der Waals surface area contributed by atoms with E-state index in [0.29, 0.717) is 5.69 Å². The molecule has 0 aliphatic heterocycles. The van der Waals surface area contributed by atoms with Crippen LogP contribution in [0.2, 0.25) is 0 Å². The Morgan fingerprint density at radius 2 is 2.00 bits per heavy atom. The van der Waals surface area contributed by atoms with Crippen LogP contribution in [0.3, 0.4) is 0 Å². The lowest BCUT2D eigenvalue weighted by molar-refractivity contribution is 0.490. The first-order valence-corrected chi connectivity index (χ1v) is 4.73. The van der Waals surface area contributed by atoms with Crippen molar-refractivity contribution in [2.24, 2.45) is 0 Å². The number of anilines is 1. The summed E-state index contributed by atoms with van der Waals surface area (Å²) in [4.78, 5) is 0. The van der Waals surface area contributed by atoms with Gasteiger partial charge in [0.05, 0.1) is 5.69 Å². The SMILES string of the molecule is C.Cc1cccc(NS(=O)(=O)O)c1. The molecule has 0 saturated carbocycles. The van der Waals surface area contributed by atoms with Gasteiger partial charge in [-0.3, -0.25) is 9.27 Å². The van der Waals surface area contributed by atoms with Crippen LogP contribution in [0.4, 0.5) is 5.69 Å². The molecule has 0 aliphatic rings. The van der Waals surface area contributed by atoms with E-state index in [2.05, 4.69) is 0 Å². The molecule has 2 N–H and O–H groups in total. The third-order valence-corrected chi connectivity index (χ3v) is 1.76. The largest absolute Gasteiger partial charge is 0.357 e. The van der Waals surface area contributed by atoms with Gasteiger partial charge in [-0.05, 0) is 24.6 Å². The summed E-state index contributed by atoms with van der Waals surface area (Å²) >= 11 is 0. The Labute approximate surface area is 78.5 Å². The van der Waals surface area contributed by atoms with E-state index in [1.54, 1.807) is 18.2 Å². The van der Waals surface area contributed by atoms with Crippen LogP contribution in [0, 0.1) is 6.92 Å². The summed E-state index contributed by atoms with van der Waals surface area (Å²) < 4.78 is 31.1. The Hall–Kier alpha value is -1.07. The molecule has 0 bridgehead atoms. The van der Waals surface area contributed by atoms with E-state index in [0.717, 1.165) is 5.56 Å². The minimum Gasteiger partial charge on any atom is -0.269 e. The van der Waals surface area contributed by atoms with Crippen LogP contribution < -0.4 is 4.72 Å². The normalized spacial score (nSPS) is 10.3. The van der Waals surface area contributed by atoms with Gasteiger partial charge in [0.15, 0.2) is 0 Å². The van der Waals surface area contributed by atoms with Gasteiger partial charge in [-0.25, -0.2) is 0 Å². The lowest BCUT2D eigenvalue weighted by Crippen LogP contribution is -2.10. The van der Waals surface area contributed by atoms with Crippen LogP contribution in [0.25, 0.3) is 0 Å². The first-order valence-electron chi connectivity index (χ1n) is 3.29. The van der Waals surface area contributed by atoms with Crippen LogP contribution in [-0.4, -0.2) is 13.0 Å². The highest BCUT2D eigenvalue weighted by Crippen LogP contribution is 2.10. The molecule has 1 aromatic rings. The predicted molar refractivity (Wildman–Crippen MR) is 53.1 cm³/mol. The van der Waals surface area contributed by atoms with E-state index < -0.39 is 10.3 Å². The molecule has 1 rings (SSSR count). The van der Waals surface area contributed by atoms with Crippen LogP contribution in [0.1, 0.15) is 13.0 Å². The zero-order chi connectivity index (χ0) is 9.19. The number of benzene rings is 1. The van der Waals surface area contributed by atoms with Crippen LogP contribution in [0.15, 0.2) is 24.3 Å². The molecule has 0 fully saturated rings. The van der Waals surface area contributed by atoms with Crippen molar-refractivity contribution >= 4 is 16.0 Å². The van der Waals surface area contributed by atoms with E-state index in [4.69, 9.17) is 4.55 Å². The maximum Gasteiger partial charge on any atom is 0.357 e. The summed E-state index contributed by atoms with van der Waals surface area (Å²) in [5.74, 6) is 0. The molecule has 13 heavy (non-hydrogen) atoms. The molecule has 0 spiro atoms. The topological polar surface area (TPSA) is 66.4 Å². The molecule has 0 unspecified atom stereocenters. The molecule has 0 heterocycles. The van der Waals surface area contributed by atoms with Gasteiger partial charge in [-0.1, -0.05) is 19.6 Å². The number of hydrogen-bond donors (Lipinski definition) is 2. The first kappa shape index (κ1) is 11.9. The van der Waals surface area contributed by atoms with Gasteiger partial charge in [-0.15, -0.1) is 0 Å². The Morgan fingerprint density at radius 3 is 2.46 bits per heavy atom. The van der Waals surface area contributed by atoms with Gasteiger partial charge >= 0.3 is 10.3 Å². The zero-order valence-corrected chi connectivity index (χ0v) is 7.30. The van der Waals surface area contributed by atoms with Crippen molar-refractivity contribution in [3.05, 3.63) is 29.8 Å². The van der Waals surface area contributed by atoms with Crippen molar-refractivity contribution in [2.75, 3.05) is 4.72 Å². The molecule has 5 heteroatoms. The average Bonchev–Trinajstić information content (AvgIpc) is 1.82. The van der Waals surface area contributed by atoms with E-state index in [1.165, 1.54) is 0 Å². The van der Waals surface area contributed by atoms with Crippen LogP contribution in [0.5, 0.6) is 0 Å². The highest BCUT2D eigenvalue weighted by molar-refractivity contribution is 7.87. The number of nitrogens with one attached hydrogen (secondary N) is 1. The lowest BCUT2D eigenvalue weighted by Gasteiger charge is -2.01. The minimum atomic E-state index is -4.14. The molecular weight excluding hydrogens is 190 g/mol. The Bertz CT molecular complexity index is 373. The van der Waals surface area contributed by atoms with Crippen molar-refractivity contribution in [2.45, 2.75) is 14.4 Å². The Morgan fingerprint density at radius 1 is 1.38 bits per heavy atom. The van der Waals surface area contributed by atoms with Gasteiger partial charge in [0.2, 0.25) is 0 Å². The molecule has 74 valence electrons. The van der Waals surface area contributed by atoms with E-state index in [1.807, 2.05) is 17.7 Å². The van der Waals surface area contributed by atoms with Gasteiger partial charge in [0.25, 0.3) is 0 Å². The summed E-state index contributed by atoms with van der Waals surface area (Å²) in [5.41, 5.74) is 1.28.